The molecule has 0 amide bonds. The summed E-state index contributed by atoms with van der Waals surface area (Å²) in [5, 5.41) is 11.0. The summed E-state index contributed by atoms with van der Waals surface area (Å²) in [6.07, 6.45) is -0.351. The molecule has 0 radical (unpaired) electrons. The minimum Gasteiger partial charge on any atom is -0.490 e. The zero-order chi connectivity index (χ0) is 39.1. The highest BCUT2D eigenvalue weighted by Gasteiger charge is 2.30. The summed E-state index contributed by atoms with van der Waals surface area (Å²) < 4.78 is 35.4. The second-order valence-corrected chi connectivity index (χ2v) is 16.8. The van der Waals surface area contributed by atoms with Crippen LogP contribution < -0.4 is 18.9 Å². The van der Waals surface area contributed by atoms with Crippen LogP contribution in [-0.4, -0.2) is 63.1 Å². The zero-order valence-electron chi connectivity index (χ0n) is 34.5. The largest absolute Gasteiger partial charge is 0.490 e. The third-order valence-corrected chi connectivity index (χ3v) is 11.2. The monoisotopic (exact) mass is 768 g/mol. The van der Waals surface area contributed by atoms with Crippen molar-refractivity contribution in [1.82, 2.24) is 0 Å². The van der Waals surface area contributed by atoms with Crippen molar-refractivity contribution in [2.75, 3.05) is 39.6 Å². The van der Waals surface area contributed by atoms with Gasteiger partial charge in [-0.25, -0.2) is 0 Å². The van der Waals surface area contributed by atoms with E-state index in [1.807, 2.05) is 0 Å². The van der Waals surface area contributed by atoms with Crippen molar-refractivity contribution >= 4 is 0 Å². The van der Waals surface area contributed by atoms with Gasteiger partial charge in [0.2, 0.25) is 0 Å². The second kappa shape index (κ2) is 17.6. The van der Waals surface area contributed by atoms with Crippen LogP contribution in [0.3, 0.4) is 0 Å². The van der Waals surface area contributed by atoms with Gasteiger partial charge in [-0.3, -0.25) is 0 Å². The normalized spacial score (nSPS) is 16.7. The van der Waals surface area contributed by atoms with E-state index in [-0.39, 0.29) is 51.1 Å². The van der Waals surface area contributed by atoms with Crippen LogP contribution in [0.4, 0.5) is 0 Å². The van der Waals surface area contributed by atoms with Gasteiger partial charge in [0, 0.05) is 10.8 Å². The molecule has 2 heterocycles. The average Bonchev–Trinajstić information content (AvgIpc) is 4.03. The molecule has 7 heteroatoms. The number of epoxide rings is 2. The molecule has 2 saturated heterocycles. The molecule has 2 fully saturated rings. The molecule has 56 heavy (non-hydrogen) atoms. The molecule has 4 aromatic carbocycles. The Labute approximate surface area is 337 Å². The van der Waals surface area contributed by atoms with E-state index in [0.29, 0.717) is 13.2 Å². The summed E-state index contributed by atoms with van der Waals surface area (Å²) in [5.41, 5.74) is 13.1. The van der Waals surface area contributed by atoms with Crippen molar-refractivity contribution in [1.29, 1.82) is 0 Å². The van der Waals surface area contributed by atoms with Gasteiger partial charge in [-0.05, 0) is 122 Å². The van der Waals surface area contributed by atoms with Crippen LogP contribution >= 0.6 is 0 Å². The smallest absolute Gasteiger partial charge is 0.125 e. The van der Waals surface area contributed by atoms with E-state index < -0.39 is 6.10 Å². The summed E-state index contributed by atoms with van der Waals surface area (Å²) in [6, 6.07) is 17.8. The fourth-order valence-electron chi connectivity index (χ4n) is 7.58. The molecule has 0 spiro atoms. The molecule has 0 aliphatic carbocycles. The Balaban J connectivity index is 0.00000348. The number of aliphatic hydroxyl groups excluding tert-OH is 1. The predicted octanol–water partition coefficient (Wildman–Crippen LogP) is 10.5. The molecule has 2 atom stereocenters. The number of benzene rings is 4. The van der Waals surface area contributed by atoms with Crippen molar-refractivity contribution in [2.24, 2.45) is 0 Å². The Kier molecular flexibility index (Phi) is 14.1. The fraction of sp³-hybridized carbons (Fsp3) is 0.510. The maximum Gasteiger partial charge on any atom is 0.125 e. The number of hydrogen-bond donors (Lipinski definition) is 1. The van der Waals surface area contributed by atoms with Crippen LogP contribution in [0.2, 0.25) is 0 Å². The van der Waals surface area contributed by atoms with E-state index in [4.69, 9.17) is 28.4 Å². The number of ether oxygens (including phenoxy) is 6. The third kappa shape index (κ3) is 9.90. The zero-order valence-corrected chi connectivity index (χ0v) is 34.5. The summed E-state index contributed by atoms with van der Waals surface area (Å²) in [7, 11) is 0. The molecular formula is C49H68O7. The summed E-state index contributed by atoms with van der Waals surface area (Å²) in [5.74, 6) is 3.49. The minimum absolute atomic E-state index is 0. The lowest BCUT2D eigenvalue weighted by Gasteiger charge is -2.29. The molecule has 7 nitrogen and oxygen atoms in total. The van der Waals surface area contributed by atoms with Crippen molar-refractivity contribution in [3.05, 3.63) is 115 Å². The van der Waals surface area contributed by atoms with Crippen LogP contribution in [-0.2, 0) is 20.3 Å². The van der Waals surface area contributed by atoms with E-state index in [9.17, 15) is 5.11 Å². The van der Waals surface area contributed by atoms with E-state index in [0.717, 1.165) is 80.7 Å². The maximum absolute atomic E-state index is 11.0. The summed E-state index contributed by atoms with van der Waals surface area (Å²) in [6.45, 7) is 28.8. The lowest BCUT2D eigenvalue weighted by Crippen LogP contribution is -2.26. The molecular weight excluding hydrogens is 701 g/mol. The molecule has 2 unspecified atom stereocenters. The van der Waals surface area contributed by atoms with Gasteiger partial charge >= 0.3 is 0 Å². The van der Waals surface area contributed by atoms with E-state index in [2.05, 4.69) is 132 Å². The van der Waals surface area contributed by atoms with Gasteiger partial charge in [-0.1, -0.05) is 91.1 Å². The Bertz CT molecular complexity index is 1760. The Morgan fingerprint density at radius 3 is 0.911 bits per heavy atom. The van der Waals surface area contributed by atoms with E-state index >= 15 is 0 Å². The van der Waals surface area contributed by atoms with Gasteiger partial charge < -0.3 is 33.5 Å². The maximum atomic E-state index is 11.0. The van der Waals surface area contributed by atoms with E-state index in [1.54, 1.807) is 0 Å². The number of aliphatic hydroxyl groups is 1. The van der Waals surface area contributed by atoms with Gasteiger partial charge in [0.1, 0.15) is 67.7 Å². The van der Waals surface area contributed by atoms with Crippen molar-refractivity contribution in [3.8, 4) is 23.0 Å². The highest BCUT2D eigenvalue weighted by atomic mass is 16.6. The van der Waals surface area contributed by atoms with Gasteiger partial charge in [-0.15, -0.1) is 0 Å². The molecule has 0 bridgehead atoms. The molecule has 4 aromatic rings. The number of hydrogen-bond acceptors (Lipinski definition) is 7. The molecule has 1 N–H and O–H groups in total. The van der Waals surface area contributed by atoms with Gasteiger partial charge in [-0.2, -0.15) is 0 Å². The van der Waals surface area contributed by atoms with Crippen LogP contribution in [0.5, 0.6) is 23.0 Å². The van der Waals surface area contributed by atoms with Gasteiger partial charge in [0.05, 0.1) is 13.2 Å². The molecule has 2 aliphatic rings. The van der Waals surface area contributed by atoms with Crippen LogP contribution in [0.15, 0.2) is 48.5 Å². The number of rotatable bonds is 16. The predicted molar refractivity (Wildman–Crippen MR) is 229 cm³/mol. The van der Waals surface area contributed by atoms with Gasteiger partial charge in [0.25, 0.3) is 0 Å². The van der Waals surface area contributed by atoms with Gasteiger partial charge in [0.15, 0.2) is 0 Å². The van der Waals surface area contributed by atoms with Crippen LogP contribution in [0, 0.1) is 55.4 Å². The first-order valence-corrected chi connectivity index (χ1v) is 19.3. The molecule has 306 valence electrons. The Hall–Kier alpha value is -4.04. The molecule has 0 aromatic heterocycles. The van der Waals surface area contributed by atoms with Crippen molar-refractivity contribution in [3.63, 3.8) is 0 Å². The lowest BCUT2D eigenvalue weighted by molar-refractivity contribution is 0.0617. The SMILES string of the molecule is C.C.Cc1cc(C(C)(C)c2cc(C)c(OCC3CO3)c(C)c2)cc(C)c1OCC(O)COc1c(C)cc(C(C)(C)c2cc(C)c(OCC3CO3)c(C)c2)cc1C. The summed E-state index contributed by atoms with van der Waals surface area (Å²) >= 11 is 0. The first kappa shape index (κ1) is 44.7. The Morgan fingerprint density at radius 1 is 0.482 bits per heavy atom. The second-order valence-electron chi connectivity index (χ2n) is 16.8. The third-order valence-electron chi connectivity index (χ3n) is 11.2. The fourth-order valence-corrected chi connectivity index (χ4v) is 7.58. The van der Waals surface area contributed by atoms with E-state index in [1.165, 1.54) is 22.3 Å². The van der Waals surface area contributed by atoms with Crippen molar-refractivity contribution in [2.45, 2.75) is 127 Å². The number of aryl methyl sites for hydroxylation is 8. The summed E-state index contributed by atoms with van der Waals surface area (Å²) in [4.78, 5) is 0. The highest BCUT2D eigenvalue weighted by Crippen LogP contribution is 2.40. The van der Waals surface area contributed by atoms with Crippen LogP contribution in [0.1, 0.15) is 109 Å². The molecule has 6 rings (SSSR count). The molecule has 2 aliphatic heterocycles. The van der Waals surface area contributed by atoms with Crippen LogP contribution in [0.25, 0.3) is 0 Å². The Morgan fingerprint density at radius 2 is 0.696 bits per heavy atom. The standard InChI is InChI=1S/C47H60O7.2CH4/c1-27-13-35(46(9,10)37-17-31(5)44(32(6)18-37)53-25-40-23-49-40)14-28(2)42(27)51-21-39(48)22-52-43-29(3)15-36(16-30(43)4)47(11,12)38-19-33(7)45(34(8)20-38)54-26-41-24-50-41;;/h13-20,39-41,48H,21-26H2,1-12H3;2*1H4. The lowest BCUT2D eigenvalue weighted by atomic mass is 9.76. The highest BCUT2D eigenvalue weighted by molar-refractivity contribution is 5.54. The topological polar surface area (TPSA) is 82.2 Å². The quantitative estimate of drug-likeness (QED) is 0.114. The molecule has 0 saturated carbocycles. The minimum atomic E-state index is -0.800. The average molecular weight is 769 g/mol. The first-order valence-electron chi connectivity index (χ1n) is 19.3. The first-order chi connectivity index (χ1) is 25.4. The van der Waals surface area contributed by atoms with Crippen molar-refractivity contribution < 1.29 is 33.5 Å².